The van der Waals surface area contributed by atoms with Crippen molar-refractivity contribution >= 4 is 0 Å². The van der Waals surface area contributed by atoms with Crippen molar-refractivity contribution in [2.45, 2.75) is 25.4 Å². The molecule has 1 aromatic heterocycles. The predicted octanol–water partition coefficient (Wildman–Crippen LogP) is 0.806. The molecule has 0 unspecified atom stereocenters. The quantitative estimate of drug-likeness (QED) is 0.761. The third kappa shape index (κ3) is 1.81. The number of aliphatic hydroxyl groups is 1. The molecule has 0 atom stereocenters. The molecule has 1 N–H and O–H groups in total. The molecule has 0 aliphatic carbocycles. The molecule has 0 amide bonds. The van der Waals surface area contributed by atoms with E-state index in [1.165, 1.54) is 0 Å². The lowest BCUT2D eigenvalue weighted by atomic mass is 9.96. The largest absolute Gasteiger partial charge is 0.390 e. The third-order valence-electron chi connectivity index (χ3n) is 2.80. The molecule has 1 saturated heterocycles. The Balaban J connectivity index is 2.14. The van der Waals surface area contributed by atoms with Gasteiger partial charge in [0.1, 0.15) is 0 Å². The average Bonchev–Trinajstić information content (AvgIpc) is 2.61. The third-order valence-corrected chi connectivity index (χ3v) is 2.80. The van der Waals surface area contributed by atoms with E-state index < -0.39 is 0 Å². The first-order chi connectivity index (χ1) is 6.81. The number of hydrogen-bond donors (Lipinski definition) is 1. The molecular formula is C10H16N2O2. The van der Waals surface area contributed by atoms with E-state index in [0.29, 0.717) is 5.92 Å². The molecule has 4 nitrogen and oxygen atoms in total. The van der Waals surface area contributed by atoms with Gasteiger partial charge in [0, 0.05) is 26.2 Å². The molecule has 1 aliphatic rings. The van der Waals surface area contributed by atoms with Crippen molar-refractivity contribution in [3.05, 3.63) is 17.5 Å². The van der Waals surface area contributed by atoms with Crippen molar-refractivity contribution in [3.63, 3.8) is 0 Å². The Bertz CT molecular complexity index is 303. The number of aryl methyl sites for hydroxylation is 1. The second-order valence-corrected chi connectivity index (χ2v) is 3.73. The van der Waals surface area contributed by atoms with Crippen LogP contribution in [0.1, 0.15) is 30.1 Å². The molecule has 0 saturated carbocycles. The van der Waals surface area contributed by atoms with Crippen molar-refractivity contribution in [2.75, 3.05) is 13.2 Å². The molecule has 1 aromatic rings. The van der Waals surface area contributed by atoms with E-state index >= 15 is 0 Å². The summed E-state index contributed by atoms with van der Waals surface area (Å²) in [5.41, 5.74) is 1.98. The van der Waals surface area contributed by atoms with Crippen LogP contribution in [0.3, 0.4) is 0 Å². The number of rotatable bonds is 2. The number of hydrogen-bond acceptors (Lipinski definition) is 3. The van der Waals surface area contributed by atoms with Gasteiger partial charge in [0.05, 0.1) is 18.0 Å². The molecule has 78 valence electrons. The van der Waals surface area contributed by atoms with Gasteiger partial charge in [-0.3, -0.25) is 4.68 Å². The summed E-state index contributed by atoms with van der Waals surface area (Å²) in [6.07, 6.45) is 2.09. The van der Waals surface area contributed by atoms with Crippen molar-refractivity contribution < 1.29 is 9.84 Å². The maximum Gasteiger partial charge on any atom is 0.0849 e. The molecule has 0 bridgehead atoms. The lowest BCUT2D eigenvalue weighted by Gasteiger charge is -2.19. The van der Waals surface area contributed by atoms with Crippen LogP contribution in [0.15, 0.2) is 6.07 Å². The van der Waals surface area contributed by atoms with Crippen LogP contribution in [0.25, 0.3) is 0 Å². The monoisotopic (exact) mass is 196 g/mol. The number of aliphatic hydroxyl groups excluding tert-OH is 1. The van der Waals surface area contributed by atoms with Crippen molar-refractivity contribution in [1.82, 2.24) is 9.78 Å². The Labute approximate surface area is 83.5 Å². The minimum atomic E-state index is 0.0622. The highest BCUT2D eigenvalue weighted by Gasteiger charge is 2.19. The molecule has 0 spiro atoms. The Morgan fingerprint density at radius 1 is 1.57 bits per heavy atom. The lowest BCUT2D eigenvalue weighted by Crippen LogP contribution is -2.14. The molecule has 14 heavy (non-hydrogen) atoms. The topological polar surface area (TPSA) is 47.3 Å². The van der Waals surface area contributed by atoms with Gasteiger partial charge in [0.15, 0.2) is 0 Å². The van der Waals surface area contributed by atoms with Gasteiger partial charge >= 0.3 is 0 Å². The predicted molar refractivity (Wildman–Crippen MR) is 51.9 cm³/mol. The summed E-state index contributed by atoms with van der Waals surface area (Å²) < 4.78 is 7.06. The number of nitrogens with zero attached hydrogens (tertiary/aromatic N) is 2. The number of ether oxygens (including phenoxy) is 1. The summed E-state index contributed by atoms with van der Waals surface area (Å²) >= 11 is 0. The van der Waals surface area contributed by atoms with E-state index in [4.69, 9.17) is 9.84 Å². The zero-order valence-electron chi connectivity index (χ0n) is 8.44. The van der Waals surface area contributed by atoms with Gasteiger partial charge in [-0.05, 0) is 18.9 Å². The second-order valence-electron chi connectivity index (χ2n) is 3.73. The molecule has 0 aromatic carbocycles. The highest BCUT2D eigenvalue weighted by atomic mass is 16.5. The van der Waals surface area contributed by atoms with Crippen LogP contribution < -0.4 is 0 Å². The summed E-state index contributed by atoms with van der Waals surface area (Å²) in [7, 11) is 1.87. The Morgan fingerprint density at radius 3 is 2.86 bits per heavy atom. The molecular weight excluding hydrogens is 180 g/mol. The summed E-state index contributed by atoms with van der Waals surface area (Å²) in [6, 6.07) is 2.00. The van der Waals surface area contributed by atoms with E-state index in [1.807, 2.05) is 13.1 Å². The van der Waals surface area contributed by atoms with Gasteiger partial charge in [-0.25, -0.2) is 0 Å². The van der Waals surface area contributed by atoms with E-state index in [9.17, 15) is 0 Å². The van der Waals surface area contributed by atoms with Crippen LogP contribution in [-0.4, -0.2) is 28.1 Å². The minimum absolute atomic E-state index is 0.0622. The number of aromatic nitrogens is 2. The van der Waals surface area contributed by atoms with Crippen molar-refractivity contribution in [3.8, 4) is 0 Å². The first-order valence-corrected chi connectivity index (χ1v) is 5.02. The standard InChI is InChI=1S/C10H16N2O2/c1-12-9(7-13)6-10(11-12)8-2-4-14-5-3-8/h6,8,13H,2-5,7H2,1H3. The fourth-order valence-corrected chi connectivity index (χ4v) is 1.87. The summed E-state index contributed by atoms with van der Waals surface area (Å²) in [6.45, 7) is 1.72. The van der Waals surface area contributed by atoms with E-state index in [1.54, 1.807) is 4.68 Å². The molecule has 4 heteroatoms. The first-order valence-electron chi connectivity index (χ1n) is 5.02. The van der Waals surface area contributed by atoms with Crippen molar-refractivity contribution in [2.24, 2.45) is 7.05 Å². The Morgan fingerprint density at radius 2 is 2.29 bits per heavy atom. The smallest absolute Gasteiger partial charge is 0.0849 e. The van der Waals surface area contributed by atoms with Gasteiger partial charge < -0.3 is 9.84 Å². The summed E-state index contributed by atoms with van der Waals surface area (Å²) in [5.74, 6) is 0.509. The fourth-order valence-electron chi connectivity index (χ4n) is 1.87. The maximum atomic E-state index is 9.04. The summed E-state index contributed by atoms with van der Waals surface area (Å²) in [5, 5.41) is 13.5. The highest BCUT2D eigenvalue weighted by Crippen LogP contribution is 2.26. The van der Waals surface area contributed by atoms with Crippen LogP contribution in [0.5, 0.6) is 0 Å². The van der Waals surface area contributed by atoms with Crippen LogP contribution in [0.2, 0.25) is 0 Å². The van der Waals surface area contributed by atoms with E-state index in [2.05, 4.69) is 5.10 Å². The zero-order chi connectivity index (χ0) is 9.97. The highest BCUT2D eigenvalue weighted by molar-refractivity contribution is 5.14. The van der Waals surface area contributed by atoms with E-state index in [-0.39, 0.29) is 6.61 Å². The van der Waals surface area contributed by atoms with Crippen LogP contribution in [0.4, 0.5) is 0 Å². The van der Waals surface area contributed by atoms with Gasteiger partial charge in [0.2, 0.25) is 0 Å². The fraction of sp³-hybridized carbons (Fsp3) is 0.700. The maximum absolute atomic E-state index is 9.04. The van der Waals surface area contributed by atoms with Crippen LogP contribution >= 0.6 is 0 Å². The van der Waals surface area contributed by atoms with Gasteiger partial charge in [-0.1, -0.05) is 0 Å². The first kappa shape index (κ1) is 9.68. The lowest BCUT2D eigenvalue weighted by molar-refractivity contribution is 0.0844. The zero-order valence-corrected chi connectivity index (χ0v) is 8.44. The molecule has 0 radical (unpaired) electrons. The molecule has 2 rings (SSSR count). The average molecular weight is 196 g/mol. The van der Waals surface area contributed by atoms with E-state index in [0.717, 1.165) is 37.4 Å². The summed E-state index contributed by atoms with van der Waals surface area (Å²) in [4.78, 5) is 0. The normalized spacial score (nSPS) is 18.7. The minimum Gasteiger partial charge on any atom is -0.390 e. The van der Waals surface area contributed by atoms with Crippen molar-refractivity contribution in [1.29, 1.82) is 0 Å². The van der Waals surface area contributed by atoms with Gasteiger partial charge in [-0.2, -0.15) is 5.10 Å². The van der Waals surface area contributed by atoms with Crippen LogP contribution in [-0.2, 0) is 18.4 Å². The Kier molecular flexibility index (Phi) is 2.84. The second kappa shape index (κ2) is 4.11. The molecule has 1 aliphatic heterocycles. The molecule has 2 heterocycles. The molecule has 1 fully saturated rings. The van der Waals surface area contributed by atoms with Gasteiger partial charge in [-0.15, -0.1) is 0 Å². The van der Waals surface area contributed by atoms with Crippen LogP contribution in [0, 0.1) is 0 Å². The van der Waals surface area contributed by atoms with Gasteiger partial charge in [0.25, 0.3) is 0 Å². The SMILES string of the molecule is Cn1nc(C2CCOCC2)cc1CO. The Hall–Kier alpha value is -0.870.